The molecule has 1 aromatic rings. The standard InChI is InChI=1S/C8H7NO4.K.H/c10-8(11)5-6-3-1-2-4-7(6)9(12)13;;/h1-4H,5H2,(H,10,11);;. The second-order valence-electron chi connectivity index (χ2n) is 2.46. The van der Waals surface area contributed by atoms with E-state index in [2.05, 4.69) is 0 Å². The molecule has 0 spiro atoms. The number of carboxylic acids is 1. The van der Waals surface area contributed by atoms with Crippen molar-refractivity contribution in [3.05, 3.63) is 39.9 Å². The molecule has 0 amide bonds. The molecule has 0 aliphatic carbocycles. The molecule has 0 saturated carbocycles. The van der Waals surface area contributed by atoms with E-state index in [1.807, 2.05) is 0 Å². The van der Waals surface area contributed by atoms with E-state index in [0.717, 1.165) is 0 Å². The van der Waals surface area contributed by atoms with E-state index >= 15 is 0 Å². The van der Waals surface area contributed by atoms with Crippen molar-refractivity contribution in [2.45, 2.75) is 6.42 Å². The zero-order chi connectivity index (χ0) is 9.84. The monoisotopic (exact) mass is 221 g/mol. The number of carboxylic acid groups (broad SMARTS) is 1. The number of aliphatic carboxylic acids is 1. The Morgan fingerprint density at radius 1 is 1.43 bits per heavy atom. The van der Waals surface area contributed by atoms with Crippen LogP contribution in [-0.4, -0.2) is 67.4 Å². The Morgan fingerprint density at radius 3 is 2.50 bits per heavy atom. The molecule has 0 atom stereocenters. The molecular formula is C8H8KNO4. The summed E-state index contributed by atoms with van der Waals surface area (Å²) >= 11 is 0. The first kappa shape index (κ1) is 13.7. The Labute approximate surface area is 123 Å². The Balaban J connectivity index is 0.00000169. The van der Waals surface area contributed by atoms with E-state index in [4.69, 9.17) is 5.11 Å². The van der Waals surface area contributed by atoms with Gasteiger partial charge in [0.05, 0.1) is 11.3 Å². The predicted molar refractivity (Wildman–Crippen MR) is 51.6 cm³/mol. The van der Waals surface area contributed by atoms with E-state index < -0.39 is 10.9 Å². The van der Waals surface area contributed by atoms with E-state index in [1.165, 1.54) is 18.2 Å². The van der Waals surface area contributed by atoms with Gasteiger partial charge in [0.15, 0.2) is 0 Å². The average molecular weight is 221 g/mol. The number of nitro groups is 1. The molecule has 70 valence electrons. The van der Waals surface area contributed by atoms with Crippen molar-refractivity contribution in [2.75, 3.05) is 0 Å². The van der Waals surface area contributed by atoms with Gasteiger partial charge in [-0.1, -0.05) is 18.2 Å². The van der Waals surface area contributed by atoms with Gasteiger partial charge in [0.1, 0.15) is 0 Å². The van der Waals surface area contributed by atoms with Gasteiger partial charge >= 0.3 is 57.4 Å². The van der Waals surface area contributed by atoms with Crippen molar-refractivity contribution in [3.8, 4) is 0 Å². The van der Waals surface area contributed by atoms with Crippen molar-refractivity contribution in [1.29, 1.82) is 0 Å². The van der Waals surface area contributed by atoms with Crippen LogP contribution >= 0.6 is 0 Å². The number of nitrogens with zero attached hydrogens (tertiary/aromatic N) is 1. The Bertz CT molecular complexity index is 353. The molecule has 6 heteroatoms. The molecule has 0 aromatic heterocycles. The molecule has 1 rings (SSSR count). The van der Waals surface area contributed by atoms with Gasteiger partial charge in [-0.3, -0.25) is 14.9 Å². The normalized spacial score (nSPS) is 8.86. The number of rotatable bonds is 3. The molecule has 0 bridgehead atoms. The second kappa shape index (κ2) is 6.26. The summed E-state index contributed by atoms with van der Waals surface area (Å²) in [4.78, 5) is 20.2. The first-order chi connectivity index (χ1) is 6.11. The summed E-state index contributed by atoms with van der Waals surface area (Å²) in [5, 5.41) is 18.9. The van der Waals surface area contributed by atoms with Crippen LogP contribution in [0.25, 0.3) is 0 Å². The average Bonchev–Trinajstić information content (AvgIpc) is 2.03. The molecule has 14 heavy (non-hydrogen) atoms. The van der Waals surface area contributed by atoms with Crippen molar-refractivity contribution in [1.82, 2.24) is 0 Å². The maximum atomic E-state index is 10.4. The van der Waals surface area contributed by atoms with Crippen molar-refractivity contribution in [3.63, 3.8) is 0 Å². The molecule has 1 aromatic carbocycles. The van der Waals surface area contributed by atoms with Gasteiger partial charge in [0.2, 0.25) is 0 Å². The SMILES string of the molecule is O=C(O)Cc1ccccc1[N+](=O)[O-].[KH]. The van der Waals surface area contributed by atoms with Gasteiger partial charge in [0, 0.05) is 11.6 Å². The fraction of sp³-hybridized carbons (Fsp3) is 0.125. The molecule has 0 radical (unpaired) electrons. The molecule has 5 nitrogen and oxygen atoms in total. The van der Waals surface area contributed by atoms with Crippen LogP contribution < -0.4 is 0 Å². The quantitative estimate of drug-likeness (QED) is 0.459. The molecule has 0 saturated heterocycles. The van der Waals surface area contributed by atoms with E-state index in [9.17, 15) is 14.9 Å². The van der Waals surface area contributed by atoms with Crippen LogP contribution in [0.1, 0.15) is 5.56 Å². The van der Waals surface area contributed by atoms with Crippen LogP contribution in [0.5, 0.6) is 0 Å². The van der Waals surface area contributed by atoms with Gasteiger partial charge in [-0.15, -0.1) is 0 Å². The third kappa shape index (κ3) is 3.85. The first-order valence-electron chi connectivity index (χ1n) is 3.55. The van der Waals surface area contributed by atoms with Crippen LogP contribution in [0.3, 0.4) is 0 Å². The van der Waals surface area contributed by atoms with Gasteiger partial charge in [0.25, 0.3) is 5.69 Å². The zero-order valence-electron chi connectivity index (χ0n) is 6.64. The van der Waals surface area contributed by atoms with Crippen LogP contribution in [0.15, 0.2) is 24.3 Å². The Hall–Kier alpha value is -0.274. The van der Waals surface area contributed by atoms with Gasteiger partial charge in [-0.2, -0.15) is 0 Å². The van der Waals surface area contributed by atoms with Gasteiger partial charge in [-0.05, 0) is 0 Å². The molecule has 1 N–H and O–H groups in total. The van der Waals surface area contributed by atoms with Crippen molar-refractivity contribution >= 4 is 63.0 Å². The van der Waals surface area contributed by atoms with Crippen molar-refractivity contribution < 1.29 is 14.8 Å². The summed E-state index contributed by atoms with van der Waals surface area (Å²) < 4.78 is 0. The first-order valence-corrected chi connectivity index (χ1v) is 3.55. The third-order valence-electron chi connectivity index (χ3n) is 1.53. The summed E-state index contributed by atoms with van der Waals surface area (Å²) in [7, 11) is 0. The fourth-order valence-electron chi connectivity index (χ4n) is 1.00. The molecule has 0 aliphatic heterocycles. The Kier molecular flexibility index (Phi) is 6.13. The second-order valence-corrected chi connectivity index (χ2v) is 2.46. The molecule has 0 aliphatic rings. The maximum absolute atomic E-state index is 10.4. The predicted octanol–water partition coefficient (Wildman–Crippen LogP) is 0.573. The van der Waals surface area contributed by atoms with E-state index in [-0.39, 0.29) is 69.1 Å². The van der Waals surface area contributed by atoms with Gasteiger partial charge in [-0.25, -0.2) is 0 Å². The van der Waals surface area contributed by atoms with Crippen molar-refractivity contribution in [2.24, 2.45) is 0 Å². The number of carbonyl (C=O) groups is 1. The molecule has 0 heterocycles. The van der Waals surface area contributed by atoms with Crippen LogP contribution in [0.4, 0.5) is 5.69 Å². The summed E-state index contributed by atoms with van der Waals surface area (Å²) in [6.45, 7) is 0. The minimum absolute atomic E-state index is 0. The fourth-order valence-corrected chi connectivity index (χ4v) is 1.00. The number of hydrogen-bond donors (Lipinski definition) is 1. The summed E-state index contributed by atoms with van der Waals surface area (Å²) in [6, 6.07) is 5.80. The van der Waals surface area contributed by atoms with Gasteiger partial charge < -0.3 is 5.11 Å². The summed E-state index contributed by atoms with van der Waals surface area (Å²) in [6.07, 6.45) is -0.322. The molecule has 0 fully saturated rings. The zero-order valence-corrected chi connectivity index (χ0v) is 6.64. The number of nitro benzene ring substituents is 1. The third-order valence-corrected chi connectivity index (χ3v) is 1.53. The summed E-state index contributed by atoms with van der Waals surface area (Å²) in [5.41, 5.74) is 0.0740. The van der Waals surface area contributed by atoms with Crippen LogP contribution in [0.2, 0.25) is 0 Å². The number of para-hydroxylation sites is 1. The van der Waals surface area contributed by atoms with Crippen LogP contribution in [0, 0.1) is 10.1 Å². The number of hydrogen-bond acceptors (Lipinski definition) is 3. The number of benzene rings is 1. The summed E-state index contributed by atoms with van der Waals surface area (Å²) in [5.74, 6) is -1.07. The van der Waals surface area contributed by atoms with Crippen LogP contribution in [-0.2, 0) is 11.2 Å². The van der Waals surface area contributed by atoms with E-state index in [0.29, 0.717) is 0 Å². The minimum atomic E-state index is -1.07. The topological polar surface area (TPSA) is 80.4 Å². The Morgan fingerprint density at radius 2 is 2.00 bits per heavy atom. The molecular weight excluding hydrogens is 213 g/mol. The molecule has 0 unspecified atom stereocenters. The van der Waals surface area contributed by atoms with E-state index in [1.54, 1.807) is 6.07 Å².